The highest BCUT2D eigenvalue weighted by molar-refractivity contribution is 7.99. The molecule has 0 aromatic carbocycles. The van der Waals surface area contributed by atoms with Gasteiger partial charge in [-0.05, 0) is 19.3 Å². The molecule has 2 fully saturated rings. The first-order valence-electron chi connectivity index (χ1n) is 5.81. The predicted octanol–water partition coefficient (Wildman–Crippen LogP) is 2.08. The van der Waals surface area contributed by atoms with Crippen LogP contribution in [0.1, 0.15) is 38.5 Å². The molecule has 0 aromatic rings. The van der Waals surface area contributed by atoms with E-state index < -0.39 is 0 Å². The van der Waals surface area contributed by atoms with Crippen LogP contribution in [0.4, 0.5) is 0 Å². The van der Waals surface area contributed by atoms with Gasteiger partial charge in [0.2, 0.25) is 0 Å². The van der Waals surface area contributed by atoms with Crippen molar-refractivity contribution in [3.63, 3.8) is 0 Å². The molecule has 3 heteroatoms. The molecule has 14 heavy (non-hydrogen) atoms. The lowest BCUT2D eigenvalue weighted by Crippen LogP contribution is -2.36. The van der Waals surface area contributed by atoms with E-state index in [4.69, 9.17) is 0 Å². The summed E-state index contributed by atoms with van der Waals surface area (Å²) in [6.07, 6.45) is 6.84. The summed E-state index contributed by atoms with van der Waals surface area (Å²) in [4.78, 5) is 2.47. The highest BCUT2D eigenvalue weighted by atomic mass is 32.2. The molecule has 2 aliphatic rings. The highest BCUT2D eigenvalue weighted by Gasteiger charge is 2.29. The molecule has 0 bridgehead atoms. The van der Waals surface area contributed by atoms with Crippen molar-refractivity contribution in [1.82, 2.24) is 4.90 Å². The third-order valence-electron chi connectivity index (χ3n) is 3.50. The minimum atomic E-state index is -0.314. The fourth-order valence-electron chi connectivity index (χ4n) is 2.45. The Hall–Kier alpha value is 0.270. The van der Waals surface area contributed by atoms with Crippen molar-refractivity contribution in [3.05, 3.63) is 0 Å². The van der Waals surface area contributed by atoms with Crippen molar-refractivity contribution >= 4 is 11.8 Å². The normalized spacial score (nSPS) is 28.1. The van der Waals surface area contributed by atoms with Gasteiger partial charge in [-0.2, -0.15) is 0 Å². The van der Waals surface area contributed by atoms with Crippen molar-refractivity contribution in [3.8, 4) is 0 Å². The first-order valence-corrected chi connectivity index (χ1v) is 6.97. The first kappa shape index (κ1) is 10.8. The number of nitrogens with zero attached hydrogens (tertiary/aromatic N) is 1. The van der Waals surface area contributed by atoms with Crippen molar-refractivity contribution in [2.45, 2.75) is 44.1 Å². The molecule has 0 aromatic heterocycles. The van der Waals surface area contributed by atoms with Gasteiger partial charge >= 0.3 is 0 Å². The van der Waals surface area contributed by atoms with Crippen LogP contribution < -0.4 is 0 Å². The van der Waals surface area contributed by atoms with E-state index in [1.54, 1.807) is 0 Å². The summed E-state index contributed by atoms with van der Waals surface area (Å²) in [5, 5.41) is 10.3. The Balaban J connectivity index is 1.72. The second-order valence-corrected chi connectivity index (χ2v) is 5.77. The van der Waals surface area contributed by atoms with Crippen LogP contribution in [-0.4, -0.2) is 40.3 Å². The fraction of sp³-hybridized carbons (Fsp3) is 1.00. The van der Waals surface area contributed by atoms with Gasteiger partial charge in [0.05, 0.1) is 5.60 Å². The molecule has 0 spiro atoms. The van der Waals surface area contributed by atoms with Crippen molar-refractivity contribution in [2.24, 2.45) is 0 Å². The Morgan fingerprint density at radius 1 is 1.21 bits per heavy atom. The highest BCUT2D eigenvalue weighted by Crippen LogP contribution is 2.31. The van der Waals surface area contributed by atoms with Gasteiger partial charge in [-0.3, -0.25) is 4.90 Å². The number of rotatable bonds is 3. The smallest absolute Gasteiger partial charge is 0.0660 e. The zero-order chi connectivity index (χ0) is 9.86. The van der Waals surface area contributed by atoms with Crippen LogP contribution in [0.3, 0.4) is 0 Å². The monoisotopic (exact) mass is 215 g/mol. The molecule has 2 rings (SSSR count). The average molecular weight is 215 g/mol. The van der Waals surface area contributed by atoms with Crippen molar-refractivity contribution in [1.29, 1.82) is 0 Å². The third kappa shape index (κ3) is 2.88. The van der Waals surface area contributed by atoms with Crippen LogP contribution in [0.5, 0.6) is 0 Å². The van der Waals surface area contributed by atoms with Crippen LogP contribution >= 0.6 is 11.8 Å². The third-order valence-corrected chi connectivity index (χ3v) is 4.52. The van der Waals surface area contributed by atoms with E-state index in [1.807, 2.05) is 11.8 Å². The minimum Gasteiger partial charge on any atom is -0.390 e. The standard InChI is InChI=1S/C11H21NOS/c13-11(4-2-1-3-5-11)6-7-12-8-9-14-10-12/h13H,1-10H2. The molecular weight excluding hydrogens is 194 g/mol. The molecule has 1 saturated carbocycles. The second-order valence-electron chi connectivity index (χ2n) is 4.69. The van der Waals surface area contributed by atoms with E-state index in [0.29, 0.717) is 0 Å². The van der Waals surface area contributed by atoms with Crippen LogP contribution in [0.25, 0.3) is 0 Å². The van der Waals surface area contributed by atoms with Crippen LogP contribution in [0.15, 0.2) is 0 Å². The molecule has 0 amide bonds. The van der Waals surface area contributed by atoms with Gasteiger partial charge in [-0.15, -0.1) is 11.8 Å². The molecule has 1 saturated heterocycles. The summed E-state index contributed by atoms with van der Waals surface area (Å²) in [7, 11) is 0. The Morgan fingerprint density at radius 2 is 2.00 bits per heavy atom. The lowest BCUT2D eigenvalue weighted by molar-refractivity contribution is -0.00960. The molecule has 0 radical (unpaired) electrons. The summed E-state index contributed by atoms with van der Waals surface area (Å²) < 4.78 is 0. The molecule has 0 unspecified atom stereocenters. The largest absolute Gasteiger partial charge is 0.390 e. The fourth-order valence-corrected chi connectivity index (χ4v) is 3.49. The van der Waals surface area contributed by atoms with Gasteiger partial charge in [0.25, 0.3) is 0 Å². The summed E-state index contributed by atoms with van der Waals surface area (Å²) in [6.45, 7) is 2.32. The van der Waals surface area contributed by atoms with E-state index in [-0.39, 0.29) is 5.60 Å². The maximum atomic E-state index is 10.3. The van der Waals surface area contributed by atoms with Crippen molar-refractivity contribution < 1.29 is 5.11 Å². The summed E-state index contributed by atoms with van der Waals surface area (Å²) in [5.41, 5.74) is -0.314. The Labute approximate surface area is 91.1 Å². The van der Waals surface area contributed by atoms with Gasteiger partial charge in [-0.25, -0.2) is 0 Å². The quantitative estimate of drug-likeness (QED) is 0.779. The molecule has 1 aliphatic carbocycles. The minimum absolute atomic E-state index is 0.314. The van der Waals surface area contributed by atoms with E-state index in [9.17, 15) is 5.11 Å². The topological polar surface area (TPSA) is 23.5 Å². The van der Waals surface area contributed by atoms with E-state index in [0.717, 1.165) is 25.8 Å². The van der Waals surface area contributed by atoms with Gasteiger partial charge in [0.15, 0.2) is 0 Å². The predicted molar refractivity (Wildman–Crippen MR) is 61.5 cm³/mol. The SMILES string of the molecule is OC1(CCN2CCSC2)CCCCC1. The molecular formula is C11H21NOS. The number of thioether (sulfide) groups is 1. The second kappa shape index (κ2) is 4.86. The lowest BCUT2D eigenvalue weighted by Gasteiger charge is -2.33. The molecule has 1 heterocycles. The molecule has 82 valence electrons. The van der Waals surface area contributed by atoms with Gasteiger partial charge in [-0.1, -0.05) is 19.3 Å². The Morgan fingerprint density at radius 3 is 2.64 bits per heavy atom. The number of hydrogen-bond acceptors (Lipinski definition) is 3. The van der Waals surface area contributed by atoms with Gasteiger partial charge in [0, 0.05) is 24.7 Å². The molecule has 2 nitrogen and oxygen atoms in total. The van der Waals surface area contributed by atoms with E-state index in [1.165, 1.54) is 37.4 Å². The summed E-state index contributed by atoms with van der Waals surface area (Å²) >= 11 is 2.01. The van der Waals surface area contributed by atoms with Gasteiger partial charge in [0.1, 0.15) is 0 Å². The van der Waals surface area contributed by atoms with Gasteiger partial charge < -0.3 is 5.11 Å². The molecule has 0 atom stereocenters. The van der Waals surface area contributed by atoms with E-state index in [2.05, 4.69) is 4.90 Å². The number of hydrogen-bond donors (Lipinski definition) is 1. The summed E-state index contributed by atoms with van der Waals surface area (Å²) in [5.74, 6) is 2.45. The van der Waals surface area contributed by atoms with Crippen LogP contribution in [-0.2, 0) is 0 Å². The Kier molecular flexibility index (Phi) is 3.74. The first-order chi connectivity index (χ1) is 6.79. The molecule has 1 N–H and O–H groups in total. The Bertz CT molecular complexity index is 174. The summed E-state index contributed by atoms with van der Waals surface area (Å²) in [6, 6.07) is 0. The van der Waals surface area contributed by atoms with Crippen LogP contribution in [0.2, 0.25) is 0 Å². The van der Waals surface area contributed by atoms with Crippen LogP contribution in [0, 0.1) is 0 Å². The lowest BCUT2D eigenvalue weighted by atomic mass is 9.82. The van der Waals surface area contributed by atoms with E-state index >= 15 is 0 Å². The zero-order valence-electron chi connectivity index (χ0n) is 8.87. The zero-order valence-corrected chi connectivity index (χ0v) is 9.69. The van der Waals surface area contributed by atoms with Crippen molar-refractivity contribution in [2.75, 3.05) is 24.7 Å². The average Bonchev–Trinajstić information content (AvgIpc) is 2.69. The maximum absolute atomic E-state index is 10.3. The number of aliphatic hydroxyl groups is 1. The molecule has 1 aliphatic heterocycles. The maximum Gasteiger partial charge on any atom is 0.0660 e.